The van der Waals surface area contributed by atoms with Gasteiger partial charge in [-0.2, -0.15) is 0 Å². The maximum Gasteiger partial charge on any atom is 0.192 e. The number of methoxy groups -OCH3 is 1. The smallest absolute Gasteiger partial charge is 0.192 e. The van der Waals surface area contributed by atoms with Gasteiger partial charge in [-0.15, -0.1) is 0 Å². The number of halogens is 1. The van der Waals surface area contributed by atoms with Crippen LogP contribution in [0.1, 0.15) is 97.0 Å². The van der Waals surface area contributed by atoms with E-state index in [1.807, 2.05) is 24.3 Å². The molecule has 0 aromatic heterocycles. The first-order chi connectivity index (χ1) is 21.8. The molecule has 2 aliphatic carbocycles. The van der Waals surface area contributed by atoms with Gasteiger partial charge in [0.05, 0.1) is 32.0 Å². The fourth-order valence-electron chi connectivity index (χ4n) is 7.56. The average Bonchev–Trinajstić information content (AvgIpc) is 3.81. The maximum atomic E-state index is 7.21. The molecular formula is C36H55IO8Si. The molecule has 3 heterocycles. The van der Waals surface area contributed by atoms with Gasteiger partial charge in [0.2, 0.25) is 0 Å². The topological polar surface area (TPSA) is 73.8 Å². The van der Waals surface area contributed by atoms with Gasteiger partial charge in [0, 0.05) is 32.1 Å². The van der Waals surface area contributed by atoms with E-state index >= 15 is 0 Å². The maximum absolute atomic E-state index is 7.21. The molecule has 1 aromatic rings. The zero-order valence-electron chi connectivity index (χ0n) is 28.7. The van der Waals surface area contributed by atoms with Crippen LogP contribution in [0.25, 0.3) is 0 Å². The fourth-order valence-corrected chi connectivity index (χ4v) is 9.25. The first-order valence-electron chi connectivity index (χ1n) is 17.4. The van der Waals surface area contributed by atoms with Crippen molar-refractivity contribution in [2.45, 2.75) is 171 Å². The van der Waals surface area contributed by atoms with Gasteiger partial charge in [0.25, 0.3) is 0 Å². The van der Waals surface area contributed by atoms with Gasteiger partial charge in [-0.1, -0.05) is 39.5 Å². The molecule has 8 nitrogen and oxygen atoms in total. The second-order valence-electron chi connectivity index (χ2n) is 15.5. The molecule has 10 heteroatoms. The zero-order chi connectivity index (χ0) is 32.7. The van der Waals surface area contributed by atoms with Crippen LogP contribution in [0.15, 0.2) is 34.4 Å². The Labute approximate surface area is 290 Å². The van der Waals surface area contributed by atoms with Gasteiger partial charge >= 0.3 is 0 Å². The molecule has 6 rings (SSSR count). The van der Waals surface area contributed by atoms with Gasteiger partial charge in [0.1, 0.15) is 24.1 Å². The van der Waals surface area contributed by atoms with Gasteiger partial charge in [-0.25, -0.2) is 0 Å². The molecule has 0 amide bonds. The summed E-state index contributed by atoms with van der Waals surface area (Å²) in [5.41, 5.74) is 1.04. The molecule has 1 aromatic carbocycles. The molecule has 258 valence electrons. The normalized spacial score (nSPS) is 32.7. The number of allylic oxidation sites excluding steroid dienone is 1. The molecule has 0 unspecified atom stereocenters. The van der Waals surface area contributed by atoms with E-state index in [1.165, 1.54) is 0 Å². The van der Waals surface area contributed by atoms with Crippen molar-refractivity contribution in [3.05, 3.63) is 40.0 Å². The zero-order valence-corrected chi connectivity index (χ0v) is 31.8. The van der Waals surface area contributed by atoms with Crippen LogP contribution in [0.3, 0.4) is 0 Å². The lowest BCUT2D eigenvalue weighted by Gasteiger charge is -2.46. The van der Waals surface area contributed by atoms with E-state index in [4.69, 9.17) is 37.6 Å². The van der Waals surface area contributed by atoms with Crippen LogP contribution in [0.4, 0.5) is 0 Å². The SMILES string of the molecule is C=C(I)CC[C@@H](O[Si](C)(C)C(C)(C)C)[C@@H]1C[C@@H]2OC3(CCCC3)O[C@@H]2[C@@H]([C@@H]2OC3(CCCC3)O[C@@H]2OCc2ccc(OC)cc2)O1. The highest BCUT2D eigenvalue weighted by Gasteiger charge is 2.62. The average molecular weight is 771 g/mol. The highest BCUT2D eigenvalue weighted by molar-refractivity contribution is 14.1. The van der Waals surface area contributed by atoms with E-state index in [9.17, 15) is 0 Å². The van der Waals surface area contributed by atoms with E-state index in [2.05, 4.69) is 63.0 Å². The van der Waals surface area contributed by atoms with Crippen LogP contribution in [0.2, 0.25) is 18.1 Å². The summed E-state index contributed by atoms with van der Waals surface area (Å²) in [5.74, 6) is -0.372. The quantitative estimate of drug-likeness (QED) is 0.164. The van der Waals surface area contributed by atoms with Gasteiger partial charge < -0.3 is 37.6 Å². The van der Waals surface area contributed by atoms with Gasteiger partial charge in [-0.05, 0) is 101 Å². The number of rotatable bonds is 11. The first kappa shape index (κ1) is 35.3. The Hall–Kier alpha value is -0.573. The fraction of sp³-hybridized carbons (Fsp3) is 0.778. The van der Waals surface area contributed by atoms with Crippen LogP contribution in [0, 0.1) is 0 Å². The Kier molecular flexibility index (Phi) is 10.7. The van der Waals surface area contributed by atoms with E-state index < -0.39 is 38.4 Å². The second-order valence-corrected chi connectivity index (χ2v) is 21.8. The van der Waals surface area contributed by atoms with Gasteiger partial charge in [-0.3, -0.25) is 0 Å². The minimum Gasteiger partial charge on any atom is -0.497 e. The van der Waals surface area contributed by atoms with Crippen molar-refractivity contribution in [1.82, 2.24) is 0 Å². The molecule has 3 aliphatic heterocycles. The minimum atomic E-state index is -2.11. The molecular weight excluding hydrogens is 715 g/mol. The second kappa shape index (κ2) is 14.0. The molecule has 5 fully saturated rings. The molecule has 0 N–H and O–H groups in total. The molecule has 0 bridgehead atoms. The molecule has 2 saturated carbocycles. The van der Waals surface area contributed by atoms with Crippen LogP contribution in [0.5, 0.6) is 5.75 Å². The van der Waals surface area contributed by atoms with Crippen molar-refractivity contribution in [2.24, 2.45) is 0 Å². The van der Waals surface area contributed by atoms with Crippen LogP contribution >= 0.6 is 22.6 Å². The van der Waals surface area contributed by atoms with Crippen LogP contribution in [-0.2, 0) is 39.5 Å². The summed E-state index contributed by atoms with van der Waals surface area (Å²) in [6.45, 7) is 16.1. The van der Waals surface area contributed by atoms with Crippen molar-refractivity contribution < 1.29 is 37.6 Å². The Morgan fingerprint density at radius 1 is 0.935 bits per heavy atom. The number of benzene rings is 1. The summed E-state index contributed by atoms with van der Waals surface area (Å²) < 4.78 is 54.9. The van der Waals surface area contributed by atoms with Crippen molar-refractivity contribution in [2.75, 3.05) is 7.11 Å². The van der Waals surface area contributed by atoms with E-state index in [1.54, 1.807) is 7.11 Å². The van der Waals surface area contributed by atoms with Crippen molar-refractivity contribution in [1.29, 1.82) is 0 Å². The highest BCUT2D eigenvalue weighted by Crippen LogP contribution is 2.51. The van der Waals surface area contributed by atoms with E-state index in [0.717, 1.165) is 85.5 Å². The Morgan fingerprint density at radius 2 is 1.54 bits per heavy atom. The molecule has 2 spiro atoms. The van der Waals surface area contributed by atoms with E-state index in [0.29, 0.717) is 6.61 Å². The Morgan fingerprint density at radius 3 is 2.13 bits per heavy atom. The van der Waals surface area contributed by atoms with Crippen LogP contribution < -0.4 is 4.74 Å². The van der Waals surface area contributed by atoms with Crippen LogP contribution in [-0.4, -0.2) is 69.9 Å². The lowest BCUT2D eigenvalue weighted by atomic mass is 9.91. The summed E-state index contributed by atoms with van der Waals surface area (Å²) in [4.78, 5) is 0. The van der Waals surface area contributed by atoms with Crippen molar-refractivity contribution in [3.8, 4) is 5.75 Å². The lowest BCUT2D eigenvalue weighted by molar-refractivity contribution is -0.225. The van der Waals surface area contributed by atoms with E-state index in [-0.39, 0.29) is 29.5 Å². The summed E-state index contributed by atoms with van der Waals surface area (Å²) in [5, 5.41) is 0.0711. The predicted molar refractivity (Wildman–Crippen MR) is 187 cm³/mol. The van der Waals surface area contributed by atoms with Gasteiger partial charge in [0.15, 0.2) is 26.2 Å². The number of fused-ring (bicyclic) bond motifs is 1. The third-order valence-electron chi connectivity index (χ3n) is 11.1. The standard InChI is InChI=1S/C36H55IO8Si/c1-24(37)12-17-27(45-46(6,7)34(2,3)4)28-22-29-30(42-35(41-29)18-8-9-19-35)31(40-28)32-33(44-36(43-32)20-10-11-21-36)39-23-25-13-15-26(38-5)16-14-25/h13-16,27-33H,1,8-12,17-23H2,2-7H3/t27-,28+,29+,30+,31+,32+,33+/m1/s1. The first-order valence-corrected chi connectivity index (χ1v) is 21.4. The molecule has 0 radical (unpaired) electrons. The van der Waals surface area contributed by atoms with Crippen molar-refractivity contribution >= 4 is 30.9 Å². The Balaban J connectivity index is 1.29. The summed E-state index contributed by atoms with van der Waals surface area (Å²) in [6.07, 6.45) is 8.24. The Bertz CT molecular complexity index is 1190. The number of hydrogen-bond donors (Lipinski definition) is 0. The minimum absolute atomic E-state index is 0.0711. The highest BCUT2D eigenvalue weighted by atomic mass is 127. The summed E-state index contributed by atoms with van der Waals surface area (Å²) >= 11 is 2.34. The summed E-state index contributed by atoms with van der Waals surface area (Å²) in [6, 6.07) is 7.97. The third-order valence-corrected chi connectivity index (χ3v) is 16.2. The molecule has 7 atom stereocenters. The summed E-state index contributed by atoms with van der Waals surface area (Å²) in [7, 11) is -0.437. The molecule has 3 saturated heterocycles. The number of hydrogen-bond acceptors (Lipinski definition) is 8. The lowest BCUT2D eigenvalue weighted by Crippen LogP contribution is -2.58. The number of ether oxygens (including phenoxy) is 7. The van der Waals surface area contributed by atoms with Crippen molar-refractivity contribution in [3.63, 3.8) is 0 Å². The monoisotopic (exact) mass is 770 g/mol. The molecule has 46 heavy (non-hydrogen) atoms. The molecule has 5 aliphatic rings. The largest absolute Gasteiger partial charge is 0.497 e. The predicted octanol–water partition coefficient (Wildman–Crippen LogP) is 8.55. The third kappa shape index (κ3) is 7.60.